The van der Waals surface area contributed by atoms with Crippen LogP contribution >= 0.6 is 0 Å². The molecule has 5 rings (SSSR count). The lowest BCUT2D eigenvalue weighted by Gasteiger charge is -2.37. The zero-order valence-corrected chi connectivity index (χ0v) is 19.8. The molecule has 2 heterocycles. The van der Waals surface area contributed by atoms with Crippen LogP contribution in [0.25, 0.3) is 0 Å². The number of nitrogens with one attached hydrogen (secondary N) is 1. The van der Waals surface area contributed by atoms with Crippen LogP contribution in [0.5, 0.6) is 5.75 Å². The lowest BCUT2D eigenvalue weighted by Crippen LogP contribution is -2.48. The van der Waals surface area contributed by atoms with Crippen LogP contribution in [0.15, 0.2) is 16.5 Å². The molecule has 12 heteroatoms. The average molecular weight is 515 g/mol. The molecule has 7 nitrogen and oxygen atoms in total. The molecule has 0 bridgehead atoms. The van der Waals surface area contributed by atoms with Crippen LogP contribution in [0.3, 0.4) is 0 Å². The standard InChI is InChI=1S/C24H26F5N3O4/c1-23(2)11-32(3-4-34-23)22-31-19(18(36-22)10-24(27,28)29)21(33)30-14-8-16(25)20(17(26)9-14)35-15-6-12-5-13(12)7-15/h8-9,12-13,15H,3-7,10-11H2,1-2H3,(H,30,33)/t12-,13?,15?/m0/s1. The number of alkyl halides is 3. The second-order valence-electron chi connectivity index (χ2n) is 10.3. The number of rotatable bonds is 6. The number of anilines is 2. The number of nitrogens with zero attached hydrogens (tertiary/aromatic N) is 2. The Balaban J connectivity index is 1.35. The molecule has 1 amide bonds. The van der Waals surface area contributed by atoms with Crippen molar-refractivity contribution in [1.29, 1.82) is 0 Å². The Morgan fingerprint density at radius 3 is 2.47 bits per heavy atom. The van der Waals surface area contributed by atoms with E-state index in [1.54, 1.807) is 18.7 Å². The fraction of sp³-hybridized carbons (Fsp3) is 0.583. The van der Waals surface area contributed by atoms with Crippen LogP contribution in [0.4, 0.5) is 33.7 Å². The molecule has 1 saturated heterocycles. The van der Waals surface area contributed by atoms with E-state index < -0.39 is 52.9 Å². The van der Waals surface area contributed by atoms with Crippen LogP contribution in [-0.2, 0) is 11.2 Å². The Bertz CT molecular complexity index is 1130. The van der Waals surface area contributed by atoms with E-state index in [0.29, 0.717) is 25.0 Å². The summed E-state index contributed by atoms with van der Waals surface area (Å²) >= 11 is 0. The zero-order chi connectivity index (χ0) is 25.8. The van der Waals surface area contributed by atoms with Gasteiger partial charge in [-0.3, -0.25) is 4.79 Å². The summed E-state index contributed by atoms with van der Waals surface area (Å²) in [4.78, 5) is 18.4. The third-order valence-corrected chi connectivity index (χ3v) is 6.70. The number of ether oxygens (including phenoxy) is 2. The van der Waals surface area contributed by atoms with Gasteiger partial charge in [0.25, 0.3) is 11.9 Å². The van der Waals surface area contributed by atoms with Crippen molar-refractivity contribution < 1.29 is 40.6 Å². The predicted octanol–water partition coefficient (Wildman–Crippen LogP) is 5.10. The second kappa shape index (κ2) is 8.89. The van der Waals surface area contributed by atoms with E-state index in [1.807, 2.05) is 0 Å². The molecule has 1 aliphatic heterocycles. The van der Waals surface area contributed by atoms with Crippen LogP contribution in [0.1, 0.15) is 49.4 Å². The van der Waals surface area contributed by atoms with Gasteiger partial charge in [0.05, 0.1) is 24.9 Å². The average Bonchev–Trinajstić information content (AvgIpc) is 3.16. The highest BCUT2D eigenvalue weighted by Crippen LogP contribution is 2.52. The predicted molar refractivity (Wildman–Crippen MR) is 118 cm³/mol. The quantitative estimate of drug-likeness (QED) is 0.540. The van der Waals surface area contributed by atoms with Gasteiger partial charge in [-0.2, -0.15) is 18.2 Å². The van der Waals surface area contributed by atoms with Gasteiger partial charge in [-0.05, 0) is 44.9 Å². The number of hydrogen-bond donors (Lipinski definition) is 1. The maximum absolute atomic E-state index is 14.6. The van der Waals surface area contributed by atoms with Gasteiger partial charge in [0.1, 0.15) is 12.2 Å². The highest BCUT2D eigenvalue weighted by Gasteiger charge is 2.47. The summed E-state index contributed by atoms with van der Waals surface area (Å²) in [5.41, 5.74) is -1.50. The van der Waals surface area contributed by atoms with E-state index in [4.69, 9.17) is 13.9 Å². The fourth-order valence-electron chi connectivity index (χ4n) is 4.99. The van der Waals surface area contributed by atoms with Crippen LogP contribution in [-0.4, -0.2) is 48.5 Å². The van der Waals surface area contributed by atoms with Crippen LogP contribution < -0.4 is 15.0 Å². The molecule has 3 aliphatic rings. The van der Waals surface area contributed by atoms with Crippen molar-refractivity contribution >= 4 is 17.6 Å². The smallest absolute Gasteiger partial charge is 0.396 e. The summed E-state index contributed by atoms with van der Waals surface area (Å²) in [6.45, 7) is 4.48. The van der Waals surface area contributed by atoms with E-state index >= 15 is 0 Å². The number of morpholine rings is 1. The van der Waals surface area contributed by atoms with Crippen molar-refractivity contribution in [1.82, 2.24) is 4.98 Å². The molecule has 3 fully saturated rings. The molecule has 3 atom stereocenters. The Labute approximate surface area is 203 Å². The normalized spacial score (nSPS) is 25.0. The molecule has 0 spiro atoms. The highest BCUT2D eigenvalue weighted by molar-refractivity contribution is 6.03. The number of carbonyl (C=O) groups is 1. The number of benzene rings is 1. The van der Waals surface area contributed by atoms with E-state index in [1.165, 1.54) is 0 Å². The number of aromatic nitrogens is 1. The summed E-state index contributed by atoms with van der Waals surface area (Å²) in [5, 5.41) is 2.23. The molecule has 2 aromatic rings. The third-order valence-electron chi connectivity index (χ3n) is 6.70. The van der Waals surface area contributed by atoms with Crippen LogP contribution in [0, 0.1) is 23.5 Å². The fourth-order valence-corrected chi connectivity index (χ4v) is 4.99. The molecule has 1 aromatic heterocycles. The Morgan fingerprint density at radius 2 is 1.86 bits per heavy atom. The first-order valence-electron chi connectivity index (χ1n) is 11.8. The number of carbonyl (C=O) groups excluding carboxylic acids is 1. The molecule has 36 heavy (non-hydrogen) atoms. The summed E-state index contributed by atoms with van der Waals surface area (Å²) in [6, 6.07) is 1.56. The van der Waals surface area contributed by atoms with Gasteiger partial charge >= 0.3 is 6.18 Å². The summed E-state index contributed by atoms with van der Waals surface area (Å²) < 4.78 is 85.2. The molecule has 0 radical (unpaired) electrons. The van der Waals surface area contributed by atoms with Crippen molar-refractivity contribution in [3.63, 3.8) is 0 Å². The van der Waals surface area contributed by atoms with Crippen molar-refractivity contribution in [2.24, 2.45) is 11.8 Å². The topological polar surface area (TPSA) is 76.8 Å². The van der Waals surface area contributed by atoms with Gasteiger partial charge in [-0.1, -0.05) is 0 Å². The highest BCUT2D eigenvalue weighted by atomic mass is 19.4. The minimum atomic E-state index is -4.67. The first-order chi connectivity index (χ1) is 16.9. The zero-order valence-electron chi connectivity index (χ0n) is 19.8. The van der Waals surface area contributed by atoms with Gasteiger partial charge in [-0.15, -0.1) is 0 Å². The number of halogens is 5. The summed E-state index contributed by atoms with van der Waals surface area (Å²) in [7, 11) is 0. The summed E-state index contributed by atoms with van der Waals surface area (Å²) in [5.74, 6) is -3.23. The van der Waals surface area contributed by atoms with Gasteiger partial charge < -0.3 is 24.1 Å². The number of amides is 1. The SMILES string of the molecule is CC1(C)CN(c2nc(C(=O)Nc3cc(F)c(OC4CC5C[C@H]5C4)c(F)c3)c(CC(F)(F)F)o2)CCO1. The lowest BCUT2D eigenvalue weighted by molar-refractivity contribution is -0.130. The first kappa shape index (κ1) is 24.8. The molecule has 2 saturated carbocycles. The van der Waals surface area contributed by atoms with Gasteiger partial charge in [0.2, 0.25) is 0 Å². The Hall–Kier alpha value is -2.89. The molecule has 1 N–H and O–H groups in total. The van der Waals surface area contributed by atoms with E-state index in [9.17, 15) is 26.7 Å². The Morgan fingerprint density at radius 1 is 1.19 bits per heavy atom. The van der Waals surface area contributed by atoms with Crippen LogP contribution in [0.2, 0.25) is 0 Å². The van der Waals surface area contributed by atoms with Crippen molar-refractivity contribution in [2.75, 3.05) is 29.9 Å². The van der Waals surface area contributed by atoms with E-state index in [2.05, 4.69) is 10.3 Å². The van der Waals surface area contributed by atoms with E-state index in [-0.39, 0.29) is 24.4 Å². The number of hydrogen-bond acceptors (Lipinski definition) is 6. The van der Waals surface area contributed by atoms with Crippen molar-refractivity contribution in [3.05, 3.63) is 35.2 Å². The van der Waals surface area contributed by atoms with E-state index in [0.717, 1.165) is 31.4 Å². The minimum Gasteiger partial charge on any atom is -0.484 e. The number of fused-ring (bicyclic) bond motifs is 1. The van der Waals surface area contributed by atoms with Crippen molar-refractivity contribution in [3.8, 4) is 5.75 Å². The first-order valence-corrected chi connectivity index (χ1v) is 11.8. The molecular formula is C24H26F5N3O4. The number of oxazole rings is 1. The summed E-state index contributed by atoms with van der Waals surface area (Å²) in [6.07, 6.45) is -3.85. The second-order valence-corrected chi connectivity index (χ2v) is 10.3. The molecule has 196 valence electrons. The maximum atomic E-state index is 14.6. The molecule has 1 aromatic carbocycles. The largest absolute Gasteiger partial charge is 0.484 e. The van der Waals surface area contributed by atoms with Crippen molar-refractivity contribution in [2.45, 2.75) is 57.4 Å². The Kier molecular flexibility index (Phi) is 6.12. The molecular weight excluding hydrogens is 489 g/mol. The van der Waals surface area contributed by atoms with Gasteiger partial charge in [0, 0.05) is 24.4 Å². The van der Waals surface area contributed by atoms with Gasteiger partial charge in [-0.25, -0.2) is 8.78 Å². The lowest BCUT2D eigenvalue weighted by atomic mass is 10.1. The van der Waals surface area contributed by atoms with Gasteiger partial charge in [0.15, 0.2) is 23.1 Å². The third kappa shape index (κ3) is 5.42. The maximum Gasteiger partial charge on any atom is 0.396 e. The molecule has 2 aliphatic carbocycles. The minimum absolute atomic E-state index is 0.161. The monoisotopic (exact) mass is 515 g/mol. The molecule has 2 unspecified atom stereocenters.